The van der Waals surface area contributed by atoms with E-state index in [1.54, 1.807) is 65.8 Å². The Kier molecular flexibility index (Phi) is 24.3. The number of aliphatic hydroxyl groups excluding tert-OH is 4. The standard InChI is InChI=1S/C50H79N9O16/c1-11-26(6)39-50(73)75-28(8)40(57-42(65)31(16-18-37(51)63)52-43(66)33(20-24(2)3)54-46(69)36(62)23-60)47(70)55-34(21-25(4)5)44(67)53-32-17-19-38(64)59(48(32)71)41(27(7)61)49(72)58(9)35(45(68)56-39)22-29-12-14-30(74-10)15-13-29/h12-15,24-28,31-36,38-41,60-62,64H,11,16-23H2,1-10H3,(H2,51,63)(H,52,66)(H,53,67)(H,54,69)(H,55,70)(H,56,68)(H,57,65)/t26-,27-,28+,31-,32-,33-,34-,35-,36-,38+,39-,40-,41+/m0/s1. The molecule has 0 aromatic heterocycles. The average molecular weight is 1060 g/mol. The van der Waals surface area contributed by atoms with Crippen molar-refractivity contribution in [2.75, 3.05) is 20.8 Å². The smallest absolute Gasteiger partial charge is 0.329 e. The summed E-state index contributed by atoms with van der Waals surface area (Å²) < 4.78 is 11.2. The molecule has 2 bridgehead atoms. The molecule has 25 heteroatoms. The van der Waals surface area contributed by atoms with E-state index in [2.05, 4.69) is 31.9 Å². The number of piperidine rings is 1. The molecule has 2 aliphatic rings. The molecule has 12 N–H and O–H groups in total. The van der Waals surface area contributed by atoms with Crippen LogP contribution < -0.4 is 42.4 Å². The number of carbonyl (C=O) groups excluding carboxylic acids is 10. The molecule has 0 spiro atoms. The monoisotopic (exact) mass is 1060 g/mol. The van der Waals surface area contributed by atoms with Gasteiger partial charge in [0.1, 0.15) is 66.4 Å². The van der Waals surface area contributed by atoms with Crippen molar-refractivity contribution in [2.45, 2.75) is 180 Å². The van der Waals surface area contributed by atoms with E-state index in [1.807, 2.05) is 0 Å². The minimum atomic E-state index is -1.90. The number of aliphatic hydroxyl groups is 4. The zero-order chi connectivity index (χ0) is 56.6. The van der Waals surface area contributed by atoms with Crippen LogP contribution in [0, 0.1) is 17.8 Å². The van der Waals surface area contributed by atoms with E-state index < -0.39 is 157 Å². The minimum absolute atomic E-state index is 0.0217. The summed E-state index contributed by atoms with van der Waals surface area (Å²) in [6, 6.07) is -6.06. The average Bonchev–Trinajstić information content (AvgIpc) is 3.34. The lowest BCUT2D eigenvalue weighted by molar-refractivity contribution is -0.170. The summed E-state index contributed by atoms with van der Waals surface area (Å²) in [6.07, 6.45) is -8.09. The van der Waals surface area contributed by atoms with Crippen LogP contribution in [0.1, 0.15) is 106 Å². The van der Waals surface area contributed by atoms with E-state index in [4.69, 9.17) is 15.2 Å². The van der Waals surface area contributed by atoms with E-state index in [0.717, 1.165) is 9.80 Å². The first-order valence-corrected chi connectivity index (χ1v) is 25.3. The van der Waals surface area contributed by atoms with E-state index in [-0.39, 0.29) is 50.4 Å². The second-order valence-corrected chi connectivity index (χ2v) is 20.2. The summed E-state index contributed by atoms with van der Waals surface area (Å²) in [6.45, 7) is 11.7. The first-order valence-electron chi connectivity index (χ1n) is 25.3. The maximum atomic E-state index is 14.7. The maximum Gasteiger partial charge on any atom is 0.329 e. The van der Waals surface area contributed by atoms with Crippen LogP contribution in [0.3, 0.4) is 0 Å². The first-order chi connectivity index (χ1) is 35.1. The van der Waals surface area contributed by atoms with Gasteiger partial charge in [0.25, 0.3) is 5.91 Å². The summed E-state index contributed by atoms with van der Waals surface area (Å²) in [4.78, 5) is 142. The summed E-state index contributed by atoms with van der Waals surface area (Å²) in [5.74, 6) is -10.8. The van der Waals surface area contributed by atoms with Gasteiger partial charge in [0, 0.05) is 19.9 Å². The molecule has 420 valence electrons. The number of hydrogen-bond acceptors (Lipinski definition) is 16. The molecule has 0 aliphatic carbocycles. The molecule has 1 aromatic rings. The number of fused-ring (bicyclic) bond motifs is 2. The van der Waals surface area contributed by atoms with Crippen molar-refractivity contribution < 1.29 is 77.8 Å². The minimum Gasteiger partial charge on any atom is -0.497 e. The predicted octanol–water partition coefficient (Wildman–Crippen LogP) is -2.63. The molecule has 13 atom stereocenters. The Hall–Kier alpha value is -6.44. The van der Waals surface area contributed by atoms with Crippen molar-refractivity contribution in [3.05, 3.63) is 29.8 Å². The van der Waals surface area contributed by atoms with E-state index in [1.165, 1.54) is 28.0 Å². The van der Waals surface area contributed by atoms with Gasteiger partial charge in [0.05, 0.1) is 19.8 Å². The normalized spacial score (nSPS) is 25.4. The molecule has 2 heterocycles. The molecular weight excluding hydrogens is 983 g/mol. The van der Waals surface area contributed by atoms with Gasteiger partial charge in [-0.25, -0.2) is 4.79 Å². The molecular formula is C50H79N9O16. The maximum absolute atomic E-state index is 14.7. The fourth-order valence-electron chi connectivity index (χ4n) is 8.68. The fourth-order valence-corrected chi connectivity index (χ4v) is 8.68. The van der Waals surface area contributed by atoms with Crippen molar-refractivity contribution in [3.8, 4) is 5.75 Å². The third kappa shape index (κ3) is 17.8. The van der Waals surface area contributed by atoms with Crippen molar-refractivity contribution in [3.63, 3.8) is 0 Å². The van der Waals surface area contributed by atoms with Crippen LogP contribution in [-0.2, 0) is 59.1 Å². The number of nitrogens with two attached hydrogens (primary N) is 1. The number of rotatable bonds is 20. The van der Waals surface area contributed by atoms with Gasteiger partial charge in [-0.15, -0.1) is 0 Å². The Morgan fingerprint density at radius 3 is 2.01 bits per heavy atom. The SMILES string of the molecule is CC[C@H](C)[C@@H]1NC(=O)[C@H](Cc2ccc(OC)cc2)N(C)C(=O)[C@@H]([C@H](C)O)N2C(=O)[C@H](CC[C@H]2O)NC(=O)[C@H](CC(C)C)NC(=O)[C@@H](NC(=O)[C@H](CCC(N)=O)NC(=O)[C@H](CC(C)C)NC(=O)[C@@H](O)CO)[C@@H](C)OC1=O. The number of primary amides is 1. The molecule has 75 heavy (non-hydrogen) atoms. The first kappa shape index (κ1) is 62.9. The number of esters is 1. The van der Waals surface area contributed by atoms with Gasteiger partial charge in [0.15, 0.2) is 6.10 Å². The molecule has 25 nitrogen and oxygen atoms in total. The lowest BCUT2D eigenvalue weighted by Crippen LogP contribution is -2.67. The van der Waals surface area contributed by atoms with Crippen molar-refractivity contribution in [1.82, 2.24) is 41.7 Å². The highest BCUT2D eigenvalue weighted by Gasteiger charge is 2.47. The molecule has 0 radical (unpaired) electrons. The van der Waals surface area contributed by atoms with Gasteiger partial charge in [-0.1, -0.05) is 60.1 Å². The van der Waals surface area contributed by atoms with Crippen LogP contribution in [0.25, 0.3) is 0 Å². The second kappa shape index (κ2) is 29.0. The van der Waals surface area contributed by atoms with Gasteiger partial charge in [0.2, 0.25) is 47.3 Å². The topological polar surface area (TPSA) is 375 Å². The van der Waals surface area contributed by atoms with Crippen molar-refractivity contribution in [2.24, 2.45) is 23.5 Å². The lowest BCUT2D eigenvalue weighted by Gasteiger charge is -2.43. The van der Waals surface area contributed by atoms with Gasteiger partial charge >= 0.3 is 5.97 Å². The number of carbonyl (C=O) groups is 10. The number of ether oxygens (including phenoxy) is 2. The van der Waals surface area contributed by atoms with Gasteiger partial charge in [-0.2, -0.15) is 0 Å². The van der Waals surface area contributed by atoms with Crippen LogP contribution in [-0.4, -0.2) is 183 Å². The van der Waals surface area contributed by atoms with E-state index >= 15 is 0 Å². The van der Waals surface area contributed by atoms with Crippen LogP contribution in [0.5, 0.6) is 5.75 Å². The van der Waals surface area contributed by atoms with Crippen molar-refractivity contribution >= 4 is 59.1 Å². The summed E-state index contributed by atoms with van der Waals surface area (Å²) in [5.41, 5.74) is 5.95. The molecule has 2 fully saturated rings. The number of likely N-dealkylation sites (N-methyl/N-ethyl adjacent to an activating group) is 1. The summed E-state index contributed by atoms with van der Waals surface area (Å²) >= 11 is 0. The molecule has 0 unspecified atom stereocenters. The largest absolute Gasteiger partial charge is 0.497 e. The van der Waals surface area contributed by atoms with Crippen LogP contribution in [0.4, 0.5) is 0 Å². The Balaban J connectivity index is 2.25. The van der Waals surface area contributed by atoms with E-state index in [0.29, 0.717) is 11.3 Å². The quantitative estimate of drug-likeness (QED) is 0.0595. The highest BCUT2D eigenvalue weighted by atomic mass is 16.5. The summed E-state index contributed by atoms with van der Waals surface area (Å²) in [7, 11) is 2.72. The van der Waals surface area contributed by atoms with Crippen LogP contribution in [0.2, 0.25) is 0 Å². The molecule has 3 rings (SSSR count). The highest BCUT2D eigenvalue weighted by Crippen LogP contribution is 2.25. The molecule has 2 saturated heterocycles. The van der Waals surface area contributed by atoms with Gasteiger partial charge in [-0.05, 0) is 81.4 Å². The van der Waals surface area contributed by atoms with Gasteiger partial charge in [-0.3, -0.25) is 43.2 Å². The Morgan fingerprint density at radius 2 is 1.47 bits per heavy atom. The van der Waals surface area contributed by atoms with Crippen LogP contribution >= 0.6 is 0 Å². The third-order valence-corrected chi connectivity index (χ3v) is 13.2. The molecule has 2 aliphatic heterocycles. The Bertz CT molecular complexity index is 2180. The predicted molar refractivity (Wildman–Crippen MR) is 268 cm³/mol. The molecule has 0 saturated carbocycles. The molecule has 9 amide bonds. The number of amides is 9. The zero-order valence-corrected chi connectivity index (χ0v) is 44.5. The number of nitrogens with zero attached hydrogens (tertiary/aromatic N) is 2. The Labute approximate surface area is 437 Å². The summed E-state index contributed by atoms with van der Waals surface area (Å²) in [5, 5.41) is 56.9. The lowest BCUT2D eigenvalue weighted by atomic mass is 9.95. The zero-order valence-electron chi connectivity index (χ0n) is 44.5. The highest BCUT2D eigenvalue weighted by molar-refractivity contribution is 5.99. The second-order valence-electron chi connectivity index (χ2n) is 20.2. The number of cyclic esters (lactones) is 1. The third-order valence-electron chi connectivity index (χ3n) is 13.2. The van der Waals surface area contributed by atoms with Crippen LogP contribution in [0.15, 0.2) is 24.3 Å². The number of nitrogens with one attached hydrogen (secondary N) is 6. The molecule has 1 aromatic carbocycles. The van der Waals surface area contributed by atoms with E-state index in [9.17, 15) is 68.4 Å². The van der Waals surface area contributed by atoms with Gasteiger partial charge < -0.3 is 77.3 Å². The number of hydrogen-bond donors (Lipinski definition) is 11. The Morgan fingerprint density at radius 1 is 0.840 bits per heavy atom. The van der Waals surface area contributed by atoms with Crippen molar-refractivity contribution in [1.29, 1.82) is 0 Å². The fraction of sp³-hybridized carbons (Fsp3) is 0.680. The number of methoxy groups -OCH3 is 1. The number of benzene rings is 1.